The largest absolute Gasteiger partial charge is 0.462 e. The summed E-state index contributed by atoms with van der Waals surface area (Å²) < 4.78 is 35.8. The van der Waals surface area contributed by atoms with Crippen LogP contribution in [-0.2, 0) is 42.8 Å². The first-order valence-corrected chi connectivity index (χ1v) is 34.7. The number of carbonyl (C=O) groups is 3. The van der Waals surface area contributed by atoms with Gasteiger partial charge in [-0.05, 0) is 77.0 Å². The highest BCUT2D eigenvalue weighted by Crippen LogP contribution is 2.21. The van der Waals surface area contributed by atoms with Gasteiger partial charge in [0.15, 0.2) is 6.10 Å². The molecule has 0 aliphatic rings. The first kappa shape index (κ1) is 76.3. The molecule has 0 bridgehead atoms. The summed E-state index contributed by atoms with van der Waals surface area (Å²) in [5.74, 6) is -0.884. The summed E-state index contributed by atoms with van der Waals surface area (Å²) in [6.45, 7) is 16.0. The predicted octanol–water partition coefficient (Wildman–Crippen LogP) is 21.2. The van der Waals surface area contributed by atoms with Crippen LogP contribution in [0.1, 0.15) is 369 Å². The van der Waals surface area contributed by atoms with Gasteiger partial charge in [0, 0.05) is 39.1 Å². The molecular formula is C69H134O9. The molecule has 9 heteroatoms. The number of ether oxygens (including phenoxy) is 6. The molecule has 0 radical (unpaired) electrons. The predicted molar refractivity (Wildman–Crippen MR) is 331 cm³/mol. The number of hydrogen-bond donors (Lipinski definition) is 0. The Morgan fingerprint density at radius 2 is 0.462 bits per heavy atom. The van der Waals surface area contributed by atoms with Crippen molar-refractivity contribution in [2.24, 2.45) is 0 Å². The molecule has 0 aromatic carbocycles. The number of hydrogen-bond acceptors (Lipinski definition) is 9. The van der Waals surface area contributed by atoms with Crippen molar-refractivity contribution in [2.75, 3.05) is 33.0 Å². The summed E-state index contributed by atoms with van der Waals surface area (Å²) in [4.78, 5) is 38.7. The third kappa shape index (κ3) is 56.2. The van der Waals surface area contributed by atoms with Crippen LogP contribution >= 0.6 is 0 Å². The molecule has 0 aromatic rings. The van der Waals surface area contributed by atoms with Gasteiger partial charge in [-0.25, -0.2) is 0 Å². The van der Waals surface area contributed by atoms with Gasteiger partial charge in [0.1, 0.15) is 13.2 Å². The van der Waals surface area contributed by atoms with Crippen molar-refractivity contribution in [2.45, 2.75) is 393 Å². The van der Waals surface area contributed by atoms with E-state index in [0.29, 0.717) is 37.6 Å². The van der Waals surface area contributed by atoms with Gasteiger partial charge in [-0.1, -0.05) is 273 Å². The zero-order valence-corrected chi connectivity index (χ0v) is 53.1. The Hall–Kier alpha value is -1.71. The van der Waals surface area contributed by atoms with Gasteiger partial charge in [-0.2, -0.15) is 0 Å². The lowest BCUT2D eigenvalue weighted by atomic mass is 10.0. The van der Waals surface area contributed by atoms with E-state index in [0.717, 1.165) is 96.9 Å². The topological polar surface area (TPSA) is 107 Å². The molecular weight excluding hydrogens is 973 g/mol. The van der Waals surface area contributed by atoms with E-state index in [9.17, 15) is 14.4 Å². The molecule has 0 aliphatic heterocycles. The normalized spacial score (nSPS) is 13.2. The Bertz CT molecular complexity index is 1170. The standard InChI is InChI=1S/C69H134O9/c1-7-13-19-40-49-63(73-58-16-10-4)52-43-34-28-22-25-31-37-46-55-67(70)76-61-66(78-69(72)57-48-39-33-27-24-30-36-45-54-65(75-60-18-12-6)51-42-21-15-9-3)62-77-68(71)56-47-38-32-26-23-29-35-44-53-64(74-59-17-11-5)50-41-20-14-8-2/h63-66H,7-62H2,1-6H3. The Morgan fingerprint density at radius 1 is 0.244 bits per heavy atom. The highest BCUT2D eigenvalue weighted by atomic mass is 16.6. The molecule has 0 rings (SSSR count). The number of unbranched alkanes of at least 4 members (excludes halogenated alkanes) is 33. The quantitative estimate of drug-likeness (QED) is 0.0334. The average Bonchev–Trinajstić information content (AvgIpc) is 3.43. The maximum Gasteiger partial charge on any atom is 0.306 e. The molecule has 0 N–H and O–H groups in total. The van der Waals surface area contributed by atoms with Gasteiger partial charge in [-0.3, -0.25) is 14.4 Å². The SMILES string of the molecule is CCCCCCC(CCCCCCCCCCC(=O)OCC(COC(=O)CCCCCCCCCCC(CCCCCC)OCCCC)OC(=O)CCCCCCCCCCC(CCCCCC)OCCCC)OCCCC. The van der Waals surface area contributed by atoms with E-state index < -0.39 is 6.10 Å². The van der Waals surface area contributed by atoms with Gasteiger partial charge in [0.05, 0.1) is 18.3 Å². The van der Waals surface area contributed by atoms with Crippen LogP contribution in [0.4, 0.5) is 0 Å². The summed E-state index contributed by atoms with van der Waals surface area (Å²) >= 11 is 0. The maximum atomic E-state index is 13.0. The first-order chi connectivity index (χ1) is 38.3. The molecule has 0 saturated heterocycles. The Kier molecular flexibility index (Phi) is 61.5. The summed E-state index contributed by atoms with van der Waals surface area (Å²) in [5, 5.41) is 0. The molecule has 0 fully saturated rings. The second-order valence-corrected chi connectivity index (χ2v) is 23.7. The molecule has 464 valence electrons. The second kappa shape index (κ2) is 62.9. The third-order valence-corrected chi connectivity index (χ3v) is 15.8. The molecule has 78 heavy (non-hydrogen) atoms. The molecule has 3 atom stereocenters. The van der Waals surface area contributed by atoms with Crippen LogP contribution in [0.3, 0.4) is 0 Å². The van der Waals surface area contributed by atoms with Crippen molar-refractivity contribution in [3.8, 4) is 0 Å². The second-order valence-electron chi connectivity index (χ2n) is 23.7. The van der Waals surface area contributed by atoms with E-state index in [1.807, 2.05) is 0 Å². The summed E-state index contributed by atoms with van der Waals surface area (Å²) in [6.07, 6.45) is 58.6. The van der Waals surface area contributed by atoms with Crippen LogP contribution < -0.4 is 0 Å². The maximum absolute atomic E-state index is 13.0. The van der Waals surface area contributed by atoms with Crippen LogP contribution in [-0.4, -0.2) is 75.4 Å². The van der Waals surface area contributed by atoms with Gasteiger partial charge in [0.25, 0.3) is 0 Å². The van der Waals surface area contributed by atoms with E-state index in [1.54, 1.807) is 0 Å². The first-order valence-electron chi connectivity index (χ1n) is 34.7. The van der Waals surface area contributed by atoms with Crippen LogP contribution in [0.25, 0.3) is 0 Å². The number of carbonyl (C=O) groups excluding carboxylic acids is 3. The monoisotopic (exact) mass is 1110 g/mol. The number of rotatable bonds is 65. The summed E-state index contributed by atoms with van der Waals surface area (Å²) in [7, 11) is 0. The minimum Gasteiger partial charge on any atom is -0.462 e. The smallest absolute Gasteiger partial charge is 0.306 e. The zero-order valence-electron chi connectivity index (χ0n) is 53.1. The zero-order chi connectivity index (χ0) is 56.9. The van der Waals surface area contributed by atoms with Crippen molar-refractivity contribution >= 4 is 17.9 Å². The van der Waals surface area contributed by atoms with Crippen molar-refractivity contribution in [3.63, 3.8) is 0 Å². The minimum absolute atomic E-state index is 0.0863. The highest BCUT2D eigenvalue weighted by molar-refractivity contribution is 5.71. The third-order valence-electron chi connectivity index (χ3n) is 15.8. The van der Waals surface area contributed by atoms with Gasteiger partial charge < -0.3 is 28.4 Å². The fourth-order valence-electron chi connectivity index (χ4n) is 10.5. The van der Waals surface area contributed by atoms with E-state index in [1.165, 1.54) is 231 Å². The Morgan fingerprint density at radius 3 is 0.718 bits per heavy atom. The summed E-state index contributed by atoms with van der Waals surface area (Å²) in [6, 6.07) is 0. The minimum atomic E-state index is -0.795. The lowest BCUT2D eigenvalue weighted by Crippen LogP contribution is -2.30. The Balaban J connectivity index is 4.70. The molecule has 0 amide bonds. The fourth-order valence-corrected chi connectivity index (χ4v) is 10.5. The molecule has 0 aromatic heterocycles. The number of esters is 3. The van der Waals surface area contributed by atoms with Crippen molar-refractivity contribution in [1.29, 1.82) is 0 Å². The molecule has 9 nitrogen and oxygen atoms in total. The van der Waals surface area contributed by atoms with Crippen LogP contribution in [0.2, 0.25) is 0 Å². The van der Waals surface area contributed by atoms with Gasteiger partial charge in [0.2, 0.25) is 0 Å². The van der Waals surface area contributed by atoms with Crippen molar-refractivity contribution in [1.82, 2.24) is 0 Å². The lowest BCUT2D eigenvalue weighted by molar-refractivity contribution is -0.167. The van der Waals surface area contributed by atoms with E-state index >= 15 is 0 Å². The lowest BCUT2D eigenvalue weighted by Gasteiger charge is -2.18. The fraction of sp³-hybridized carbons (Fsp3) is 0.957. The van der Waals surface area contributed by atoms with Crippen LogP contribution in [0.5, 0.6) is 0 Å². The Labute approximate surface area is 485 Å². The molecule has 0 aliphatic carbocycles. The summed E-state index contributed by atoms with van der Waals surface area (Å²) in [5.41, 5.74) is 0. The van der Waals surface area contributed by atoms with Crippen LogP contribution in [0.15, 0.2) is 0 Å². The van der Waals surface area contributed by atoms with Gasteiger partial charge >= 0.3 is 17.9 Å². The van der Waals surface area contributed by atoms with Crippen molar-refractivity contribution < 1.29 is 42.8 Å². The average molecular weight is 1110 g/mol. The van der Waals surface area contributed by atoms with E-state index in [2.05, 4.69) is 41.5 Å². The van der Waals surface area contributed by atoms with E-state index in [-0.39, 0.29) is 31.1 Å². The van der Waals surface area contributed by atoms with Gasteiger partial charge in [-0.15, -0.1) is 0 Å². The van der Waals surface area contributed by atoms with Crippen molar-refractivity contribution in [3.05, 3.63) is 0 Å². The molecule has 0 spiro atoms. The van der Waals surface area contributed by atoms with Crippen LogP contribution in [0, 0.1) is 0 Å². The molecule has 0 saturated carbocycles. The molecule has 0 heterocycles. The highest BCUT2D eigenvalue weighted by Gasteiger charge is 2.20. The van der Waals surface area contributed by atoms with E-state index in [4.69, 9.17) is 28.4 Å². The molecule has 3 unspecified atom stereocenters.